The largest absolute Gasteiger partial charge is 0.370 e. The molecule has 0 unspecified atom stereocenters. The molecule has 30 heavy (non-hydrogen) atoms. The molecule has 0 spiro atoms. The van der Waals surface area contributed by atoms with E-state index in [0.29, 0.717) is 5.91 Å². The maximum absolute atomic E-state index is 12.8. The fraction of sp³-hybridized carbons (Fsp3) is 0.667. The summed E-state index contributed by atoms with van der Waals surface area (Å²) in [6, 6.07) is 10.7. The molecule has 0 radical (unpaired) electrons. The highest BCUT2D eigenvalue weighted by atomic mass is 16.2. The third-order valence-corrected chi connectivity index (χ3v) is 6.99. The lowest BCUT2D eigenvalue weighted by Gasteiger charge is -2.36. The van der Waals surface area contributed by atoms with Gasteiger partial charge in [-0.15, -0.1) is 0 Å². The number of para-hydroxylation sites is 1. The Hall–Kier alpha value is -2.24. The molecule has 1 aromatic carbocycles. The van der Waals surface area contributed by atoms with Gasteiger partial charge in [-0.25, -0.2) is 4.79 Å². The van der Waals surface area contributed by atoms with Crippen LogP contribution in [0.25, 0.3) is 0 Å². The van der Waals surface area contributed by atoms with E-state index in [1.54, 1.807) is 0 Å². The second-order valence-corrected chi connectivity index (χ2v) is 9.05. The van der Waals surface area contributed by atoms with Gasteiger partial charge in [0.1, 0.15) is 0 Å². The molecule has 1 N–H and O–H groups in total. The lowest BCUT2D eigenvalue weighted by atomic mass is 9.87. The molecule has 1 saturated carbocycles. The van der Waals surface area contributed by atoms with Crippen molar-refractivity contribution >= 4 is 17.6 Å². The highest BCUT2D eigenvalue weighted by Crippen LogP contribution is 2.26. The predicted molar refractivity (Wildman–Crippen MR) is 120 cm³/mol. The van der Waals surface area contributed by atoms with Gasteiger partial charge < -0.3 is 20.0 Å². The van der Waals surface area contributed by atoms with Crippen LogP contribution in [-0.4, -0.2) is 67.0 Å². The fourth-order valence-electron chi connectivity index (χ4n) is 5.14. The Morgan fingerprint density at radius 1 is 0.733 bits per heavy atom. The average Bonchev–Trinajstić information content (AvgIpc) is 3.07. The summed E-state index contributed by atoms with van der Waals surface area (Å²) in [7, 11) is 0. The van der Waals surface area contributed by atoms with Gasteiger partial charge in [-0.2, -0.15) is 0 Å². The maximum Gasteiger partial charge on any atom is 0.317 e. The van der Waals surface area contributed by atoms with Gasteiger partial charge >= 0.3 is 6.03 Å². The van der Waals surface area contributed by atoms with Crippen LogP contribution in [0.3, 0.4) is 0 Å². The van der Waals surface area contributed by atoms with Crippen molar-refractivity contribution in [1.29, 1.82) is 0 Å². The van der Waals surface area contributed by atoms with Gasteiger partial charge in [-0.1, -0.05) is 37.5 Å². The second-order valence-electron chi connectivity index (χ2n) is 9.05. The van der Waals surface area contributed by atoms with Crippen LogP contribution in [0.1, 0.15) is 51.4 Å². The third kappa shape index (κ3) is 5.27. The first-order valence-electron chi connectivity index (χ1n) is 11.8. The van der Waals surface area contributed by atoms with Crippen molar-refractivity contribution in [3.8, 4) is 0 Å². The van der Waals surface area contributed by atoms with Gasteiger partial charge in [0.2, 0.25) is 5.91 Å². The third-order valence-electron chi connectivity index (χ3n) is 6.99. The molecule has 164 valence electrons. The van der Waals surface area contributed by atoms with E-state index in [-0.39, 0.29) is 18.0 Å². The quantitative estimate of drug-likeness (QED) is 0.827. The fourth-order valence-corrected chi connectivity index (χ4v) is 5.14. The molecule has 2 saturated heterocycles. The van der Waals surface area contributed by atoms with Crippen molar-refractivity contribution in [3.63, 3.8) is 0 Å². The van der Waals surface area contributed by atoms with Crippen LogP contribution in [0.4, 0.5) is 10.5 Å². The molecule has 6 nitrogen and oxygen atoms in total. The molecule has 3 amide bonds. The number of rotatable bonds is 3. The lowest BCUT2D eigenvalue weighted by Crippen LogP contribution is -2.51. The number of hydrogen-bond acceptors (Lipinski definition) is 3. The van der Waals surface area contributed by atoms with E-state index in [0.717, 1.165) is 71.4 Å². The Morgan fingerprint density at radius 3 is 2.20 bits per heavy atom. The van der Waals surface area contributed by atoms with Crippen LogP contribution in [0.15, 0.2) is 30.3 Å². The number of likely N-dealkylation sites (tertiary alicyclic amines) is 1. The van der Waals surface area contributed by atoms with E-state index in [4.69, 9.17) is 0 Å². The van der Waals surface area contributed by atoms with Gasteiger partial charge in [0, 0.05) is 56.9 Å². The van der Waals surface area contributed by atoms with Crippen LogP contribution < -0.4 is 10.2 Å². The molecular weight excluding hydrogens is 376 g/mol. The predicted octanol–water partition coefficient (Wildman–Crippen LogP) is 3.48. The van der Waals surface area contributed by atoms with E-state index >= 15 is 0 Å². The normalized spacial score (nSPS) is 21.9. The number of benzene rings is 1. The van der Waals surface area contributed by atoms with Crippen molar-refractivity contribution in [2.24, 2.45) is 5.92 Å². The molecule has 4 rings (SSSR count). The molecule has 3 aliphatic rings. The van der Waals surface area contributed by atoms with Crippen LogP contribution in [-0.2, 0) is 4.79 Å². The number of anilines is 1. The maximum atomic E-state index is 12.8. The van der Waals surface area contributed by atoms with E-state index in [9.17, 15) is 9.59 Å². The Bertz CT molecular complexity index is 696. The molecule has 3 fully saturated rings. The zero-order valence-electron chi connectivity index (χ0n) is 18.1. The van der Waals surface area contributed by atoms with Crippen molar-refractivity contribution in [2.45, 2.75) is 57.4 Å². The zero-order valence-corrected chi connectivity index (χ0v) is 18.1. The smallest absolute Gasteiger partial charge is 0.317 e. The Balaban J connectivity index is 1.21. The van der Waals surface area contributed by atoms with Gasteiger partial charge in [0.05, 0.1) is 0 Å². The Labute approximate surface area is 180 Å². The molecule has 1 aliphatic carbocycles. The first-order valence-corrected chi connectivity index (χ1v) is 11.8. The number of nitrogens with one attached hydrogen (secondary N) is 1. The van der Waals surface area contributed by atoms with E-state index in [1.807, 2.05) is 15.9 Å². The number of piperidine rings is 1. The second kappa shape index (κ2) is 10.2. The summed E-state index contributed by atoms with van der Waals surface area (Å²) in [5.41, 5.74) is 1.23. The standard InChI is InChI=1S/C24H36N4O2/c29-23(20-8-3-1-4-9-20)27-16-12-21(13-17-27)25-24(30)28-15-7-14-26(18-19-28)22-10-5-2-6-11-22/h2,5-6,10-11,20-21H,1,3-4,7-9,12-19H2,(H,25,30). The first kappa shape index (κ1) is 21.0. The van der Waals surface area contributed by atoms with Crippen LogP contribution in [0.2, 0.25) is 0 Å². The molecule has 2 aliphatic heterocycles. The van der Waals surface area contributed by atoms with Crippen LogP contribution >= 0.6 is 0 Å². The Morgan fingerprint density at radius 2 is 1.47 bits per heavy atom. The number of amides is 3. The van der Waals surface area contributed by atoms with Crippen LogP contribution in [0, 0.1) is 5.92 Å². The molecule has 0 aromatic heterocycles. The summed E-state index contributed by atoms with van der Waals surface area (Å²) in [6.07, 6.45) is 8.51. The molecule has 0 bridgehead atoms. The first-order chi connectivity index (χ1) is 14.7. The van der Waals surface area contributed by atoms with Gasteiger partial charge in [0.15, 0.2) is 0 Å². The minimum atomic E-state index is 0.0574. The molecule has 1 aromatic rings. The zero-order chi connectivity index (χ0) is 20.8. The molecular formula is C24H36N4O2. The highest BCUT2D eigenvalue weighted by Gasteiger charge is 2.30. The number of hydrogen-bond donors (Lipinski definition) is 1. The van der Waals surface area contributed by atoms with Crippen molar-refractivity contribution < 1.29 is 9.59 Å². The summed E-state index contributed by atoms with van der Waals surface area (Å²) >= 11 is 0. The summed E-state index contributed by atoms with van der Waals surface area (Å²) in [4.78, 5) is 32.0. The Kier molecular flexibility index (Phi) is 7.13. The summed E-state index contributed by atoms with van der Waals surface area (Å²) in [5, 5.41) is 3.24. The van der Waals surface area contributed by atoms with Gasteiger partial charge in [0.25, 0.3) is 0 Å². The van der Waals surface area contributed by atoms with E-state index < -0.39 is 0 Å². The average molecular weight is 413 g/mol. The highest BCUT2D eigenvalue weighted by molar-refractivity contribution is 5.79. The lowest BCUT2D eigenvalue weighted by molar-refractivity contribution is -0.137. The SMILES string of the molecule is O=C(NC1CCN(C(=O)C2CCCCC2)CC1)N1CCCN(c2ccccc2)CC1. The van der Waals surface area contributed by atoms with Gasteiger partial charge in [-0.3, -0.25) is 4.79 Å². The summed E-state index contributed by atoms with van der Waals surface area (Å²) in [5.74, 6) is 0.600. The summed E-state index contributed by atoms with van der Waals surface area (Å²) < 4.78 is 0. The van der Waals surface area contributed by atoms with Crippen molar-refractivity contribution in [3.05, 3.63) is 30.3 Å². The number of nitrogens with zero attached hydrogens (tertiary/aromatic N) is 3. The monoisotopic (exact) mass is 412 g/mol. The minimum absolute atomic E-state index is 0.0574. The van der Waals surface area contributed by atoms with Crippen LogP contribution in [0.5, 0.6) is 0 Å². The molecule has 2 heterocycles. The number of carbonyl (C=O) groups is 2. The summed E-state index contributed by atoms with van der Waals surface area (Å²) in [6.45, 7) is 4.96. The van der Waals surface area contributed by atoms with Crippen molar-refractivity contribution in [2.75, 3.05) is 44.2 Å². The topological polar surface area (TPSA) is 55.9 Å². The minimum Gasteiger partial charge on any atom is -0.370 e. The number of carbonyl (C=O) groups excluding carboxylic acids is 2. The number of urea groups is 1. The molecule has 0 atom stereocenters. The van der Waals surface area contributed by atoms with E-state index in [2.05, 4.69) is 34.5 Å². The van der Waals surface area contributed by atoms with Crippen molar-refractivity contribution in [1.82, 2.24) is 15.1 Å². The molecule has 6 heteroatoms. The van der Waals surface area contributed by atoms with Gasteiger partial charge in [-0.05, 0) is 44.2 Å². The van der Waals surface area contributed by atoms with E-state index in [1.165, 1.54) is 24.9 Å².